The molecule has 1 aliphatic heterocycles. The van der Waals surface area contributed by atoms with Gasteiger partial charge in [0, 0.05) is 43.6 Å². The van der Waals surface area contributed by atoms with Gasteiger partial charge < -0.3 is 5.32 Å². The third kappa shape index (κ3) is 3.29. The van der Waals surface area contributed by atoms with Gasteiger partial charge in [0.15, 0.2) is 0 Å². The van der Waals surface area contributed by atoms with Gasteiger partial charge in [0.25, 0.3) is 0 Å². The van der Waals surface area contributed by atoms with Crippen LogP contribution in [0.3, 0.4) is 0 Å². The van der Waals surface area contributed by atoms with Gasteiger partial charge in [-0.3, -0.25) is 9.88 Å². The van der Waals surface area contributed by atoms with Crippen LogP contribution in [0.15, 0.2) is 24.5 Å². The van der Waals surface area contributed by atoms with Crippen LogP contribution in [0.1, 0.15) is 46.1 Å². The normalized spacial score (nSPS) is 31.3. The van der Waals surface area contributed by atoms with Crippen molar-refractivity contribution in [1.29, 1.82) is 0 Å². The Bertz CT molecular complexity index is 475. The topological polar surface area (TPSA) is 28.2 Å². The third-order valence-corrected chi connectivity index (χ3v) is 5.28. The summed E-state index contributed by atoms with van der Waals surface area (Å²) < 4.78 is 0. The van der Waals surface area contributed by atoms with Gasteiger partial charge >= 0.3 is 0 Å². The number of aromatic nitrogens is 1. The van der Waals surface area contributed by atoms with Gasteiger partial charge in [-0.15, -0.1) is 0 Å². The molecule has 0 spiro atoms. The van der Waals surface area contributed by atoms with Crippen molar-refractivity contribution in [2.75, 3.05) is 13.1 Å². The molecule has 0 amide bonds. The number of piperazine rings is 1. The summed E-state index contributed by atoms with van der Waals surface area (Å²) in [4.78, 5) is 6.84. The highest BCUT2D eigenvalue weighted by Crippen LogP contribution is 2.43. The molecule has 1 N–H and O–H groups in total. The largest absolute Gasteiger partial charge is 0.308 e. The number of nitrogens with one attached hydrogen (secondary N) is 1. The molecule has 2 heterocycles. The maximum Gasteiger partial charge on any atom is 0.0309 e. The number of hydrogen-bond donors (Lipinski definition) is 1. The molecule has 2 fully saturated rings. The Morgan fingerprint density at radius 2 is 1.95 bits per heavy atom. The van der Waals surface area contributed by atoms with Crippen molar-refractivity contribution >= 4 is 0 Å². The summed E-state index contributed by atoms with van der Waals surface area (Å²) in [7, 11) is 0. The molecule has 2 unspecified atom stereocenters. The van der Waals surface area contributed by atoms with Crippen LogP contribution in [0.2, 0.25) is 0 Å². The van der Waals surface area contributed by atoms with E-state index in [9.17, 15) is 0 Å². The van der Waals surface area contributed by atoms with Gasteiger partial charge in [-0.05, 0) is 48.8 Å². The van der Waals surface area contributed by atoms with E-state index in [0.29, 0.717) is 17.0 Å². The second-order valence-electron chi connectivity index (χ2n) is 8.21. The fraction of sp³-hybridized carbons (Fsp3) is 0.722. The fourth-order valence-electron chi connectivity index (χ4n) is 3.78. The van der Waals surface area contributed by atoms with Crippen molar-refractivity contribution in [3.8, 4) is 0 Å². The molecule has 1 saturated heterocycles. The number of hydrogen-bond acceptors (Lipinski definition) is 3. The van der Waals surface area contributed by atoms with Crippen molar-refractivity contribution < 1.29 is 0 Å². The second-order valence-corrected chi connectivity index (χ2v) is 8.21. The smallest absolute Gasteiger partial charge is 0.0309 e. The molecule has 1 saturated carbocycles. The Labute approximate surface area is 129 Å². The van der Waals surface area contributed by atoms with E-state index in [1.165, 1.54) is 18.4 Å². The highest BCUT2D eigenvalue weighted by Gasteiger charge is 2.47. The zero-order chi connectivity index (χ0) is 15.1. The van der Waals surface area contributed by atoms with Gasteiger partial charge in [-0.2, -0.15) is 0 Å². The number of pyridine rings is 1. The minimum Gasteiger partial charge on any atom is -0.308 e. The molecule has 3 rings (SSSR count). The quantitative estimate of drug-likeness (QED) is 0.926. The summed E-state index contributed by atoms with van der Waals surface area (Å²) in [5.74, 6) is 0.873. The molecule has 1 aromatic rings. The zero-order valence-corrected chi connectivity index (χ0v) is 13.9. The first-order valence-electron chi connectivity index (χ1n) is 8.26. The van der Waals surface area contributed by atoms with Crippen molar-refractivity contribution in [1.82, 2.24) is 15.2 Å². The average molecular weight is 287 g/mol. The molecule has 3 nitrogen and oxygen atoms in total. The first-order chi connectivity index (χ1) is 9.88. The summed E-state index contributed by atoms with van der Waals surface area (Å²) in [6, 6.07) is 4.88. The Morgan fingerprint density at radius 3 is 2.52 bits per heavy atom. The van der Waals surface area contributed by atoms with Gasteiger partial charge in [0.05, 0.1) is 0 Å². The predicted molar refractivity (Wildman–Crippen MR) is 87.0 cm³/mol. The van der Waals surface area contributed by atoms with Crippen LogP contribution in [-0.2, 0) is 6.54 Å². The average Bonchev–Trinajstić information content (AvgIpc) is 3.23. The van der Waals surface area contributed by atoms with Gasteiger partial charge in [-0.1, -0.05) is 20.8 Å². The summed E-state index contributed by atoms with van der Waals surface area (Å²) >= 11 is 0. The lowest BCUT2D eigenvalue weighted by Gasteiger charge is -2.51. The Morgan fingerprint density at radius 1 is 1.29 bits per heavy atom. The highest BCUT2D eigenvalue weighted by atomic mass is 15.3. The van der Waals surface area contributed by atoms with Gasteiger partial charge in [-0.25, -0.2) is 0 Å². The molecule has 2 aliphatic rings. The van der Waals surface area contributed by atoms with E-state index in [1.54, 1.807) is 0 Å². The summed E-state index contributed by atoms with van der Waals surface area (Å²) in [6.07, 6.45) is 6.60. The van der Waals surface area contributed by atoms with Crippen molar-refractivity contribution in [3.05, 3.63) is 30.1 Å². The molecule has 0 aromatic carbocycles. The number of nitrogens with zero attached hydrogens (tertiary/aromatic N) is 2. The van der Waals surface area contributed by atoms with Crippen LogP contribution < -0.4 is 5.32 Å². The van der Waals surface area contributed by atoms with Crippen molar-refractivity contribution in [3.63, 3.8) is 0 Å². The lowest BCUT2D eigenvalue weighted by Crippen LogP contribution is -2.66. The van der Waals surface area contributed by atoms with Crippen molar-refractivity contribution in [2.24, 2.45) is 11.3 Å². The van der Waals surface area contributed by atoms with Crippen LogP contribution in [0, 0.1) is 11.3 Å². The molecule has 2 atom stereocenters. The molecule has 116 valence electrons. The first-order valence-corrected chi connectivity index (χ1v) is 8.26. The molecule has 1 aromatic heterocycles. The summed E-state index contributed by atoms with van der Waals surface area (Å²) in [6.45, 7) is 12.8. The minimum absolute atomic E-state index is 0.297. The first kappa shape index (κ1) is 15.0. The molecular weight excluding hydrogens is 258 g/mol. The Balaban J connectivity index is 1.79. The lowest BCUT2D eigenvalue weighted by molar-refractivity contribution is 0.0145. The highest BCUT2D eigenvalue weighted by molar-refractivity contribution is 5.12. The van der Waals surface area contributed by atoms with Gasteiger partial charge in [0.1, 0.15) is 0 Å². The predicted octanol–water partition coefficient (Wildman–Crippen LogP) is 3.07. The van der Waals surface area contributed by atoms with Crippen LogP contribution in [0.4, 0.5) is 0 Å². The van der Waals surface area contributed by atoms with E-state index in [4.69, 9.17) is 0 Å². The number of rotatable bonds is 3. The SMILES string of the molecule is CC(C)(C)C1CNC(C)(C2CC2)CN1Cc1ccncc1. The lowest BCUT2D eigenvalue weighted by atomic mass is 9.80. The molecule has 0 bridgehead atoms. The maximum atomic E-state index is 4.14. The Kier molecular flexibility index (Phi) is 3.83. The summed E-state index contributed by atoms with van der Waals surface area (Å²) in [5, 5.41) is 3.88. The second kappa shape index (κ2) is 5.36. The van der Waals surface area contributed by atoms with Crippen LogP contribution in [0.5, 0.6) is 0 Å². The maximum absolute atomic E-state index is 4.14. The zero-order valence-electron chi connectivity index (χ0n) is 13.9. The third-order valence-electron chi connectivity index (χ3n) is 5.28. The monoisotopic (exact) mass is 287 g/mol. The van der Waals surface area contributed by atoms with E-state index in [-0.39, 0.29) is 0 Å². The van der Waals surface area contributed by atoms with E-state index in [1.807, 2.05) is 12.4 Å². The van der Waals surface area contributed by atoms with E-state index < -0.39 is 0 Å². The molecule has 0 radical (unpaired) electrons. The van der Waals surface area contributed by atoms with Crippen LogP contribution in [-0.4, -0.2) is 34.6 Å². The van der Waals surface area contributed by atoms with E-state index in [0.717, 1.165) is 25.6 Å². The molecule has 21 heavy (non-hydrogen) atoms. The molecule has 1 aliphatic carbocycles. The minimum atomic E-state index is 0.297. The van der Waals surface area contributed by atoms with E-state index >= 15 is 0 Å². The van der Waals surface area contributed by atoms with Crippen molar-refractivity contribution in [2.45, 2.75) is 58.7 Å². The van der Waals surface area contributed by atoms with Gasteiger partial charge in [0.2, 0.25) is 0 Å². The Hall–Kier alpha value is -0.930. The van der Waals surface area contributed by atoms with Crippen LogP contribution >= 0.6 is 0 Å². The molecule has 3 heteroatoms. The molecular formula is C18H29N3. The fourth-order valence-corrected chi connectivity index (χ4v) is 3.78. The van der Waals surface area contributed by atoms with Crippen LogP contribution in [0.25, 0.3) is 0 Å². The summed E-state index contributed by atoms with van der Waals surface area (Å²) in [5.41, 5.74) is 1.97. The standard InChI is InChI=1S/C18H29N3/c1-17(2,3)16-11-20-18(4,15-5-6-15)13-21(16)12-14-7-9-19-10-8-14/h7-10,15-16,20H,5-6,11-13H2,1-4H3. The van der Waals surface area contributed by atoms with E-state index in [2.05, 4.69) is 55.0 Å².